The smallest absolute Gasteiger partial charge is 0.337 e. The van der Waals surface area contributed by atoms with E-state index in [9.17, 15) is 19.2 Å². The lowest BCUT2D eigenvalue weighted by Crippen LogP contribution is -2.37. The second-order valence-electron chi connectivity index (χ2n) is 6.25. The van der Waals surface area contributed by atoms with Crippen molar-refractivity contribution < 1.29 is 33.4 Å². The highest BCUT2D eigenvalue weighted by molar-refractivity contribution is 6.07. The summed E-state index contributed by atoms with van der Waals surface area (Å²) in [4.78, 5) is 49.6. The van der Waals surface area contributed by atoms with E-state index < -0.39 is 30.3 Å². The molecule has 1 saturated heterocycles. The summed E-state index contributed by atoms with van der Waals surface area (Å²) in [6, 6.07) is 4.19. The van der Waals surface area contributed by atoms with Crippen LogP contribution in [0.5, 0.6) is 11.5 Å². The van der Waals surface area contributed by atoms with Crippen LogP contribution in [-0.2, 0) is 19.1 Å². The Morgan fingerprint density at radius 3 is 2.22 bits per heavy atom. The van der Waals surface area contributed by atoms with Gasteiger partial charge in [-0.2, -0.15) is 0 Å². The van der Waals surface area contributed by atoms with E-state index >= 15 is 0 Å². The van der Waals surface area contributed by atoms with Crippen molar-refractivity contribution in [2.75, 3.05) is 20.8 Å². The first kappa shape index (κ1) is 18.6. The number of imide groups is 1. The SMILES string of the molecule is COC(=O)c1ccc(OC(=O)CN2C(=O)C3CC=CCC3C2=O)c(OC)c1. The zero-order valence-corrected chi connectivity index (χ0v) is 15.0. The number of benzene rings is 1. The maximum absolute atomic E-state index is 12.4. The van der Waals surface area contributed by atoms with Crippen LogP contribution in [0.2, 0.25) is 0 Å². The van der Waals surface area contributed by atoms with Crippen molar-refractivity contribution in [1.29, 1.82) is 0 Å². The summed E-state index contributed by atoms with van der Waals surface area (Å²) in [5.41, 5.74) is 0.232. The number of hydrogen-bond donors (Lipinski definition) is 0. The molecule has 0 N–H and O–H groups in total. The summed E-state index contributed by atoms with van der Waals surface area (Å²) in [5.74, 6) is -2.59. The number of methoxy groups -OCH3 is 2. The number of fused-ring (bicyclic) bond motifs is 1. The van der Waals surface area contributed by atoms with Gasteiger partial charge in [-0.1, -0.05) is 12.2 Å². The molecule has 8 heteroatoms. The third-order valence-corrected chi connectivity index (χ3v) is 4.69. The van der Waals surface area contributed by atoms with Gasteiger partial charge in [-0.05, 0) is 31.0 Å². The summed E-state index contributed by atoms with van der Waals surface area (Å²) >= 11 is 0. The van der Waals surface area contributed by atoms with Gasteiger partial charge in [0.2, 0.25) is 11.8 Å². The Kier molecular flexibility index (Phi) is 5.25. The predicted molar refractivity (Wildman–Crippen MR) is 92.0 cm³/mol. The first-order valence-corrected chi connectivity index (χ1v) is 8.43. The highest BCUT2D eigenvalue weighted by Crippen LogP contribution is 2.35. The summed E-state index contributed by atoms with van der Waals surface area (Å²) in [5, 5.41) is 0. The number of esters is 2. The fourth-order valence-electron chi connectivity index (χ4n) is 3.31. The Labute approximate surface area is 155 Å². The third-order valence-electron chi connectivity index (χ3n) is 4.69. The number of likely N-dealkylation sites (tertiary alicyclic amines) is 1. The molecule has 142 valence electrons. The van der Waals surface area contributed by atoms with Crippen molar-refractivity contribution in [3.63, 3.8) is 0 Å². The zero-order valence-electron chi connectivity index (χ0n) is 15.0. The molecule has 0 bridgehead atoms. The topological polar surface area (TPSA) is 99.2 Å². The third kappa shape index (κ3) is 3.55. The number of ether oxygens (including phenoxy) is 3. The van der Waals surface area contributed by atoms with Crippen molar-refractivity contribution >= 4 is 23.8 Å². The van der Waals surface area contributed by atoms with Crippen LogP contribution in [0, 0.1) is 11.8 Å². The van der Waals surface area contributed by atoms with Crippen LogP contribution in [0.3, 0.4) is 0 Å². The maximum atomic E-state index is 12.4. The number of hydrogen-bond acceptors (Lipinski definition) is 7. The van der Waals surface area contributed by atoms with Gasteiger partial charge in [0, 0.05) is 0 Å². The van der Waals surface area contributed by atoms with E-state index in [1.165, 1.54) is 32.4 Å². The monoisotopic (exact) mass is 373 g/mol. The minimum atomic E-state index is -0.771. The number of carbonyl (C=O) groups excluding carboxylic acids is 4. The zero-order chi connectivity index (χ0) is 19.6. The molecule has 2 amide bonds. The lowest BCUT2D eigenvalue weighted by molar-refractivity contribution is -0.148. The van der Waals surface area contributed by atoms with Crippen molar-refractivity contribution in [3.05, 3.63) is 35.9 Å². The lowest BCUT2D eigenvalue weighted by Gasteiger charge is -2.15. The Balaban J connectivity index is 1.70. The van der Waals surface area contributed by atoms with Gasteiger partial charge < -0.3 is 14.2 Å². The molecule has 0 spiro atoms. The predicted octanol–water partition coefficient (Wildman–Crippen LogP) is 1.34. The highest BCUT2D eigenvalue weighted by Gasteiger charge is 2.47. The number of amides is 2. The summed E-state index contributed by atoms with van der Waals surface area (Å²) < 4.78 is 15.0. The van der Waals surface area contributed by atoms with E-state index in [4.69, 9.17) is 9.47 Å². The maximum Gasteiger partial charge on any atom is 0.337 e. The molecule has 2 atom stereocenters. The molecule has 8 nitrogen and oxygen atoms in total. The van der Waals surface area contributed by atoms with Crippen LogP contribution < -0.4 is 9.47 Å². The number of rotatable bonds is 5. The average Bonchev–Trinajstić information content (AvgIpc) is 2.92. The molecule has 1 aromatic rings. The molecule has 2 aliphatic rings. The second kappa shape index (κ2) is 7.61. The molecule has 0 radical (unpaired) electrons. The van der Waals surface area contributed by atoms with E-state index in [0.29, 0.717) is 12.8 Å². The Bertz CT molecular complexity index is 803. The number of allylic oxidation sites excluding steroid dienone is 2. The van der Waals surface area contributed by atoms with Crippen molar-refractivity contribution in [1.82, 2.24) is 4.90 Å². The fraction of sp³-hybridized carbons (Fsp3) is 0.368. The van der Waals surface area contributed by atoms with Gasteiger partial charge in [-0.25, -0.2) is 9.59 Å². The molecule has 0 aromatic heterocycles. The van der Waals surface area contributed by atoms with Crippen molar-refractivity contribution in [2.45, 2.75) is 12.8 Å². The second-order valence-corrected chi connectivity index (χ2v) is 6.25. The Morgan fingerprint density at radius 1 is 1.04 bits per heavy atom. The van der Waals surface area contributed by atoms with Crippen LogP contribution in [0.15, 0.2) is 30.4 Å². The van der Waals surface area contributed by atoms with Crippen LogP contribution in [-0.4, -0.2) is 49.4 Å². The lowest BCUT2D eigenvalue weighted by atomic mass is 9.85. The summed E-state index contributed by atoms with van der Waals surface area (Å²) in [7, 11) is 2.61. The van der Waals surface area contributed by atoms with Crippen molar-refractivity contribution in [2.24, 2.45) is 11.8 Å². The molecule has 3 rings (SSSR count). The molecule has 27 heavy (non-hydrogen) atoms. The largest absolute Gasteiger partial charge is 0.493 e. The van der Waals surface area contributed by atoms with Gasteiger partial charge in [0.1, 0.15) is 6.54 Å². The van der Waals surface area contributed by atoms with Crippen LogP contribution in [0.4, 0.5) is 0 Å². The highest BCUT2D eigenvalue weighted by atomic mass is 16.6. The van der Waals surface area contributed by atoms with Gasteiger partial charge in [-0.15, -0.1) is 0 Å². The molecular weight excluding hydrogens is 354 g/mol. The van der Waals surface area contributed by atoms with E-state index in [-0.39, 0.29) is 28.9 Å². The van der Waals surface area contributed by atoms with E-state index in [1.54, 1.807) is 0 Å². The van der Waals surface area contributed by atoms with Crippen LogP contribution in [0.25, 0.3) is 0 Å². The van der Waals surface area contributed by atoms with Crippen LogP contribution >= 0.6 is 0 Å². The van der Waals surface area contributed by atoms with Crippen molar-refractivity contribution in [3.8, 4) is 11.5 Å². The van der Waals surface area contributed by atoms with Gasteiger partial charge >= 0.3 is 11.9 Å². The molecule has 1 aromatic carbocycles. The molecule has 2 unspecified atom stereocenters. The van der Waals surface area contributed by atoms with Gasteiger partial charge in [0.15, 0.2) is 11.5 Å². The first-order valence-electron chi connectivity index (χ1n) is 8.43. The van der Waals surface area contributed by atoms with Gasteiger partial charge in [-0.3, -0.25) is 14.5 Å². The molecule has 1 fully saturated rings. The summed E-state index contributed by atoms with van der Waals surface area (Å²) in [6.07, 6.45) is 4.76. The van der Waals surface area contributed by atoms with E-state index in [2.05, 4.69) is 4.74 Å². The molecular formula is C19H19NO7. The minimum Gasteiger partial charge on any atom is -0.493 e. The molecule has 1 aliphatic heterocycles. The van der Waals surface area contributed by atoms with Crippen LogP contribution in [0.1, 0.15) is 23.2 Å². The molecule has 0 saturated carbocycles. The van der Waals surface area contributed by atoms with Gasteiger partial charge in [0.25, 0.3) is 0 Å². The Hall–Kier alpha value is -3.16. The first-order chi connectivity index (χ1) is 13.0. The number of carbonyl (C=O) groups is 4. The fourth-order valence-corrected chi connectivity index (χ4v) is 3.31. The molecule has 1 aliphatic carbocycles. The molecule has 1 heterocycles. The minimum absolute atomic E-state index is 0.0772. The standard InChI is InChI=1S/C19H19NO7/c1-25-15-9-11(19(24)26-2)7-8-14(15)27-16(21)10-20-17(22)12-5-3-4-6-13(12)18(20)23/h3-4,7-9,12-13H,5-6,10H2,1-2H3. The Morgan fingerprint density at radius 2 is 1.67 bits per heavy atom. The van der Waals surface area contributed by atoms with E-state index in [0.717, 1.165) is 4.90 Å². The van der Waals surface area contributed by atoms with Gasteiger partial charge in [0.05, 0.1) is 31.6 Å². The van der Waals surface area contributed by atoms with E-state index in [1.807, 2.05) is 12.2 Å². The average molecular weight is 373 g/mol. The number of nitrogens with zero attached hydrogens (tertiary/aromatic N) is 1. The quantitative estimate of drug-likeness (QED) is 0.332. The normalized spacial score (nSPS) is 21.0. The summed E-state index contributed by atoms with van der Waals surface area (Å²) in [6.45, 7) is -0.466.